The van der Waals surface area contributed by atoms with Crippen LogP contribution in [-0.2, 0) is 20.9 Å². The van der Waals surface area contributed by atoms with E-state index in [0.717, 1.165) is 5.56 Å². The molecule has 2 aromatic rings. The van der Waals surface area contributed by atoms with Gasteiger partial charge >= 0.3 is 0 Å². The Balaban J connectivity index is 1.72. The molecule has 0 saturated carbocycles. The van der Waals surface area contributed by atoms with Crippen molar-refractivity contribution < 1.29 is 18.7 Å². The Morgan fingerprint density at radius 2 is 1.85 bits per heavy atom. The fraction of sp³-hybridized carbons (Fsp3) is 0.333. The maximum atomic E-state index is 13.1. The number of morpholine rings is 1. The molecule has 2 aromatic carbocycles. The summed E-state index contributed by atoms with van der Waals surface area (Å²) in [6, 6.07) is 12.8. The maximum Gasteiger partial charge on any atom is 0.249 e. The van der Waals surface area contributed by atoms with Gasteiger partial charge in [-0.3, -0.25) is 9.59 Å². The second-order valence-electron chi connectivity index (χ2n) is 6.94. The molecule has 6 heteroatoms. The molecule has 1 atom stereocenters. The first-order chi connectivity index (χ1) is 12.9. The Kier molecular flexibility index (Phi) is 5.86. The van der Waals surface area contributed by atoms with Gasteiger partial charge in [-0.2, -0.15) is 0 Å². The number of nitrogens with one attached hydrogen (secondary N) is 1. The van der Waals surface area contributed by atoms with E-state index in [-0.39, 0.29) is 37.4 Å². The number of hydrogen-bond donors (Lipinski definition) is 1. The van der Waals surface area contributed by atoms with Crippen LogP contribution < -0.4 is 5.32 Å². The highest BCUT2D eigenvalue weighted by molar-refractivity contribution is 5.97. The second-order valence-corrected chi connectivity index (χ2v) is 6.94. The van der Waals surface area contributed by atoms with Crippen LogP contribution in [0.15, 0.2) is 48.5 Å². The van der Waals surface area contributed by atoms with Gasteiger partial charge in [-0.15, -0.1) is 0 Å². The normalized spacial score (nSPS) is 17.3. The third-order valence-electron chi connectivity index (χ3n) is 4.61. The maximum absolute atomic E-state index is 13.1. The van der Waals surface area contributed by atoms with E-state index in [1.807, 2.05) is 24.3 Å². The van der Waals surface area contributed by atoms with E-state index >= 15 is 0 Å². The number of benzene rings is 2. The summed E-state index contributed by atoms with van der Waals surface area (Å²) in [7, 11) is 0. The van der Waals surface area contributed by atoms with Crippen molar-refractivity contribution in [3.05, 3.63) is 65.5 Å². The predicted octanol–water partition coefficient (Wildman–Crippen LogP) is 3.32. The van der Waals surface area contributed by atoms with E-state index in [1.165, 1.54) is 22.6 Å². The highest BCUT2D eigenvalue weighted by Gasteiger charge is 2.34. The number of anilines is 1. The molecule has 1 fully saturated rings. The lowest BCUT2D eigenvalue weighted by Gasteiger charge is -2.34. The standard InChI is InChI=1S/C21H23FN2O3/c1-14(2)16-5-9-18(10-6-16)23-21(26)19-12-27-13-20(25)24(19)11-15-3-7-17(22)8-4-15/h3-10,14,19H,11-13H2,1-2H3,(H,23,26)/t19-/m0/s1. The summed E-state index contributed by atoms with van der Waals surface area (Å²) in [5, 5.41) is 2.85. The zero-order chi connectivity index (χ0) is 19.4. The number of rotatable bonds is 5. The number of carbonyl (C=O) groups is 2. The molecule has 3 rings (SSSR count). The summed E-state index contributed by atoms with van der Waals surface area (Å²) in [6.07, 6.45) is 0. The van der Waals surface area contributed by atoms with Gasteiger partial charge in [0.25, 0.3) is 0 Å². The molecule has 5 nitrogen and oxygen atoms in total. The monoisotopic (exact) mass is 370 g/mol. The van der Waals surface area contributed by atoms with Gasteiger partial charge in [-0.1, -0.05) is 38.1 Å². The topological polar surface area (TPSA) is 58.6 Å². The number of hydrogen-bond acceptors (Lipinski definition) is 3. The molecule has 1 N–H and O–H groups in total. The van der Waals surface area contributed by atoms with Crippen molar-refractivity contribution in [3.63, 3.8) is 0 Å². The third-order valence-corrected chi connectivity index (χ3v) is 4.61. The van der Waals surface area contributed by atoms with Crippen LogP contribution in [0.2, 0.25) is 0 Å². The fourth-order valence-electron chi connectivity index (χ4n) is 2.98. The Bertz CT molecular complexity index is 803. The summed E-state index contributed by atoms with van der Waals surface area (Å²) >= 11 is 0. The first-order valence-electron chi connectivity index (χ1n) is 8.96. The highest BCUT2D eigenvalue weighted by atomic mass is 19.1. The molecule has 0 aliphatic carbocycles. The minimum atomic E-state index is -0.735. The Morgan fingerprint density at radius 3 is 2.48 bits per heavy atom. The van der Waals surface area contributed by atoms with Gasteiger partial charge in [0.05, 0.1) is 6.61 Å². The molecule has 0 bridgehead atoms. The predicted molar refractivity (Wildman–Crippen MR) is 101 cm³/mol. The van der Waals surface area contributed by atoms with E-state index in [9.17, 15) is 14.0 Å². The molecular weight excluding hydrogens is 347 g/mol. The number of carbonyl (C=O) groups excluding carboxylic acids is 2. The molecule has 1 heterocycles. The first-order valence-corrected chi connectivity index (χ1v) is 8.96. The largest absolute Gasteiger partial charge is 0.369 e. The lowest BCUT2D eigenvalue weighted by Crippen LogP contribution is -2.54. The van der Waals surface area contributed by atoms with Crippen LogP contribution in [0, 0.1) is 5.82 Å². The van der Waals surface area contributed by atoms with Crippen LogP contribution >= 0.6 is 0 Å². The number of nitrogens with zero attached hydrogens (tertiary/aromatic N) is 1. The van der Waals surface area contributed by atoms with Crippen molar-refractivity contribution in [2.45, 2.75) is 32.4 Å². The summed E-state index contributed by atoms with van der Waals surface area (Å²) in [6.45, 7) is 4.50. The number of halogens is 1. The second kappa shape index (κ2) is 8.31. The molecule has 142 valence electrons. The van der Waals surface area contributed by atoms with Gasteiger partial charge in [0.1, 0.15) is 18.5 Å². The van der Waals surface area contributed by atoms with Crippen molar-refractivity contribution >= 4 is 17.5 Å². The van der Waals surface area contributed by atoms with E-state index in [4.69, 9.17) is 4.74 Å². The minimum Gasteiger partial charge on any atom is -0.369 e. The number of amides is 2. The average molecular weight is 370 g/mol. The van der Waals surface area contributed by atoms with Gasteiger partial charge < -0.3 is 15.0 Å². The SMILES string of the molecule is CC(C)c1ccc(NC(=O)[C@@H]2COCC(=O)N2Cc2ccc(F)cc2)cc1. The van der Waals surface area contributed by atoms with Crippen LogP contribution in [-0.4, -0.2) is 36.0 Å². The summed E-state index contributed by atoms with van der Waals surface area (Å²) in [4.78, 5) is 26.5. The molecule has 1 saturated heterocycles. The molecule has 1 aliphatic heterocycles. The van der Waals surface area contributed by atoms with Gasteiger partial charge in [0.2, 0.25) is 11.8 Å². The van der Waals surface area contributed by atoms with E-state index in [2.05, 4.69) is 19.2 Å². The van der Waals surface area contributed by atoms with Gasteiger partial charge in [-0.05, 0) is 41.3 Å². The summed E-state index contributed by atoms with van der Waals surface area (Å²) in [5.74, 6) is -0.500. The Labute approximate surface area is 158 Å². The molecule has 0 spiro atoms. The summed E-state index contributed by atoms with van der Waals surface area (Å²) in [5.41, 5.74) is 2.61. The molecular formula is C21H23FN2O3. The van der Waals surface area contributed by atoms with Crippen LogP contribution in [0.3, 0.4) is 0 Å². The Morgan fingerprint density at radius 1 is 1.19 bits per heavy atom. The zero-order valence-corrected chi connectivity index (χ0v) is 15.4. The van der Waals surface area contributed by atoms with Crippen molar-refractivity contribution in [3.8, 4) is 0 Å². The Hall–Kier alpha value is -2.73. The minimum absolute atomic E-state index is 0.0614. The van der Waals surface area contributed by atoms with Crippen molar-refractivity contribution in [2.75, 3.05) is 18.5 Å². The van der Waals surface area contributed by atoms with E-state index in [1.54, 1.807) is 12.1 Å². The molecule has 0 radical (unpaired) electrons. The lowest BCUT2D eigenvalue weighted by atomic mass is 10.0. The van der Waals surface area contributed by atoms with Crippen LogP contribution in [0.5, 0.6) is 0 Å². The van der Waals surface area contributed by atoms with Crippen LogP contribution in [0.25, 0.3) is 0 Å². The van der Waals surface area contributed by atoms with Crippen LogP contribution in [0.1, 0.15) is 30.9 Å². The molecule has 27 heavy (non-hydrogen) atoms. The zero-order valence-electron chi connectivity index (χ0n) is 15.4. The van der Waals surface area contributed by atoms with E-state index in [0.29, 0.717) is 11.6 Å². The first kappa shape index (κ1) is 19.0. The fourth-order valence-corrected chi connectivity index (χ4v) is 2.98. The lowest BCUT2D eigenvalue weighted by molar-refractivity contribution is -0.154. The molecule has 0 aromatic heterocycles. The summed E-state index contributed by atoms with van der Waals surface area (Å²) < 4.78 is 18.4. The molecule has 1 aliphatic rings. The van der Waals surface area contributed by atoms with Gasteiger partial charge in [0.15, 0.2) is 0 Å². The van der Waals surface area contributed by atoms with Crippen molar-refractivity contribution in [1.82, 2.24) is 4.90 Å². The average Bonchev–Trinajstić information content (AvgIpc) is 2.65. The number of ether oxygens (including phenoxy) is 1. The van der Waals surface area contributed by atoms with E-state index < -0.39 is 6.04 Å². The molecule has 0 unspecified atom stereocenters. The smallest absolute Gasteiger partial charge is 0.249 e. The van der Waals surface area contributed by atoms with Gasteiger partial charge in [-0.25, -0.2) is 4.39 Å². The van der Waals surface area contributed by atoms with Gasteiger partial charge in [0, 0.05) is 12.2 Å². The third kappa shape index (κ3) is 4.71. The van der Waals surface area contributed by atoms with Crippen LogP contribution in [0.4, 0.5) is 10.1 Å². The molecule has 2 amide bonds. The quantitative estimate of drug-likeness (QED) is 0.878. The van der Waals surface area contributed by atoms with Crippen molar-refractivity contribution in [2.24, 2.45) is 0 Å². The van der Waals surface area contributed by atoms with Crippen molar-refractivity contribution in [1.29, 1.82) is 0 Å². The highest BCUT2D eigenvalue weighted by Crippen LogP contribution is 2.19.